The van der Waals surface area contributed by atoms with Crippen molar-refractivity contribution in [3.05, 3.63) is 46.5 Å². The second-order valence-electron chi connectivity index (χ2n) is 4.04. The van der Waals surface area contributed by atoms with E-state index in [-0.39, 0.29) is 0 Å². The lowest BCUT2D eigenvalue weighted by molar-refractivity contribution is 0.168. The maximum absolute atomic E-state index is 9.92. The number of hydrogen-bond donors (Lipinski definition) is 1. The van der Waals surface area contributed by atoms with Gasteiger partial charge >= 0.3 is 0 Å². The molecule has 1 aromatic rings. The summed E-state index contributed by atoms with van der Waals surface area (Å²) in [6, 6.07) is 5.73. The van der Waals surface area contributed by atoms with Gasteiger partial charge in [0.15, 0.2) is 0 Å². The van der Waals surface area contributed by atoms with Crippen molar-refractivity contribution in [3.63, 3.8) is 0 Å². The summed E-state index contributed by atoms with van der Waals surface area (Å²) in [5.41, 5.74) is 3.00. The summed E-state index contributed by atoms with van der Waals surface area (Å²) < 4.78 is 0. The molecule has 2 heteroatoms. The Bertz CT molecular complexity index is 358. The van der Waals surface area contributed by atoms with Crippen molar-refractivity contribution in [3.8, 4) is 0 Å². The van der Waals surface area contributed by atoms with Crippen LogP contribution in [0, 0.1) is 6.92 Å². The molecule has 0 fully saturated rings. The van der Waals surface area contributed by atoms with Gasteiger partial charge < -0.3 is 5.11 Å². The lowest BCUT2D eigenvalue weighted by atomic mass is 10.0. The molecule has 0 aromatic heterocycles. The fraction of sp³-hybridized carbons (Fsp3) is 0.385. The number of allylic oxidation sites excluding steroid dienone is 1. The number of rotatable bonds is 4. The predicted octanol–water partition coefficient (Wildman–Crippen LogP) is 4.04. The first kappa shape index (κ1) is 12.3. The molecule has 1 rings (SSSR count). The lowest BCUT2D eigenvalue weighted by Crippen LogP contribution is -1.98. The number of aliphatic hydroxyl groups is 1. The van der Waals surface area contributed by atoms with E-state index in [1.165, 1.54) is 0 Å². The molecule has 15 heavy (non-hydrogen) atoms. The van der Waals surface area contributed by atoms with Gasteiger partial charge in [-0.1, -0.05) is 29.3 Å². The Balaban J connectivity index is 2.73. The molecular weight excluding hydrogens is 208 g/mol. The van der Waals surface area contributed by atoms with E-state index in [2.05, 4.69) is 6.58 Å². The molecule has 0 aliphatic heterocycles. The van der Waals surface area contributed by atoms with Crippen LogP contribution in [0.15, 0.2) is 30.4 Å². The normalized spacial score (nSPS) is 12.5. The SMILES string of the molecule is C=C(C)CCC(O)c1ccc(C)cc1Cl. The Morgan fingerprint density at radius 2 is 2.20 bits per heavy atom. The summed E-state index contributed by atoms with van der Waals surface area (Å²) in [6.45, 7) is 7.76. The van der Waals surface area contributed by atoms with Gasteiger partial charge in [0.05, 0.1) is 6.10 Å². The van der Waals surface area contributed by atoms with Gasteiger partial charge in [-0.05, 0) is 43.9 Å². The van der Waals surface area contributed by atoms with Crippen LogP contribution in [-0.4, -0.2) is 5.11 Å². The van der Waals surface area contributed by atoms with Crippen LogP contribution in [0.5, 0.6) is 0 Å². The molecule has 0 aliphatic carbocycles. The maximum Gasteiger partial charge on any atom is 0.0807 e. The molecule has 0 spiro atoms. The third-order valence-electron chi connectivity index (χ3n) is 2.36. The van der Waals surface area contributed by atoms with E-state index in [1.807, 2.05) is 32.0 Å². The van der Waals surface area contributed by atoms with Gasteiger partial charge in [-0.3, -0.25) is 0 Å². The van der Waals surface area contributed by atoms with Crippen molar-refractivity contribution in [1.29, 1.82) is 0 Å². The topological polar surface area (TPSA) is 20.2 Å². The Morgan fingerprint density at radius 1 is 1.53 bits per heavy atom. The number of hydrogen-bond acceptors (Lipinski definition) is 1. The molecular formula is C13H17ClO. The molecule has 82 valence electrons. The molecule has 1 nitrogen and oxygen atoms in total. The van der Waals surface area contributed by atoms with E-state index in [1.54, 1.807) is 0 Å². The first-order valence-electron chi connectivity index (χ1n) is 5.09. The molecule has 0 aliphatic rings. The molecule has 0 saturated carbocycles. The van der Waals surface area contributed by atoms with Crippen LogP contribution < -0.4 is 0 Å². The molecule has 1 N–H and O–H groups in total. The highest BCUT2D eigenvalue weighted by Crippen LogP contribution is 2.27. The van der Waals surface area contributed by atoms with Crippen LogP contribution in [0.3, 0.4) is 0 Å². The Hall–Kier alpha value is -0.790. The highest BCUT2D eigenvalue weighted by atomic mass is 35.5. The summed E-state index contributed by atoms with van der Waals surface area (Å²) in [7, 11) is 0. The van der Waals surface area contributed by atoms with Crippen molar-refractivity contribution < 1.29 is 5.11 Å². The highest BCUT2D eigenvalue weighted by molar-refractivity contribution is 6.31. The molecule has 0 radical (unpaired) electrons. The van der Waals surface area contributed by atoms with Crippen LogP contribution >= 0.6 is 11.6 Å². The maximum atomic E-state index is 9.92. The van der Waals surface area contributed by atoms with Crippen LogP contribution in [0.25, 0.3) is 0 Å². The Labute approximate surface area is 96.4 Å². The zero-order valence-electron chi connectivity index (χ0n) is 9.26. The van der Waals surface area contributed by atoms with Crippen molar-refractivity contribution in [2.75, 3.05) is 0 Å². The number of aliphatic hydroxyl groups excluding tert-OH is 1. The zero-order chi connectivity index (χ0) is 11.4. The minimum atomic E-state index is -0.491. The monoisotopic (exact) mass is 224 g/mol. The minimum Gasteiger partial charge on any atom is -0.388 e. The fourth-order valence-electron chi connectivity index (χ4n) is 1.44. The average molecular weight is 225 g/mol. The van der Waals surface area contributed by atoms with Gasteiger partial charge in [-0.25, -0.2) is 0 Å². The summed E-state index contributed by atoms with van der Waals surface area (Å²) in [6.07, 6.45) is 1.01. The van der Waals surface area contributed by atoms with E-state index in [0.717, 1.165) is 23.1 Å². The standard InChI is InChI=1S/C13H17ClO/c1-9(2)4-7-13(15)11-6-5-10(3)8-12(11)14/h5-6,8,13,15H,1,4,7H2,2-3H3. The average Bonchev–Trinajstić information content (AvgIpc) is 2.14. The third-order valence-corrected chi connectivity index (χ3v) is 2.69. The largest absolute Gasteiger partial charge is 0.388 e. The molecule has 0 bridgehead atoms. The predicted molar refractivity (Wildman–Crippen MR) is 65.2 cm³/mol. The van der Waals surface area contributed by atoms with Gasteiger partial charge in [0.2, 0.25) is 0 Å². The second kappa shape index (κ2) is 5.34. The van der Waals surface area contributed by atoms with E-state index in [4.69, 9.17) is 11.6 Å². The van der Waals surface area contributed by atoms with Crippen LogP contribution in [0.1, 0.15) is 37.0 Å². The lowest BCUT2D eigenvalue weighted by Gasteiger charge is -2.13. The van der Waals surface area contributed by atoms with Gasteiger partial charge in [0.1, 0.15) is 0 Å². The first-order valence-corrected chi connectivity index (χ1v) is 5.47. The van der Waals surface area contributed by atoms with Crippen molar-refractivity contribution >= 4 is 11.6 Å². The van der Waals surface area contributed by atoms with Crippen LogP contribution in [0.4, 0.5) is 0 Å². The summed E-state index contributed by atoms with van der Waals surface area (Å²) in [5, 5.41) is 10.6. The quantitative estimate of drug-likeness (QED) is 0.766. The number of aryl methyl sites for hydroxylation is 1. The summed E-state index contributed by atoms with van der Waals surface area (Å²) >= 11 is 6.06. The number of halogens is 1. The zero-order valence-corrected chi connectivity index (χ0v) is 10.0. The van der Waals surface area contributed by atoms with E-state index >= 15 is 0 Å². The number of benzene rings is 1. The van der Waals surface area contributed by atoms with E-state index in [9.17, 15) is 5.11 Å². The Morgan fingerprint density at radius 3 is 2.73 bits per heavy atom. The van der Waals surface area contributed by atoms with Gasteiger partial charge in [-0.2, -0.15) is 0 Å². The first-order chi connectivity index (χ1) is 7.00. The molecule has 0 heterocycles. The fourth-order valence-corrected chi connectivity index (χ4v) is 1.80. The van der Waals surface area contributed by atoms with Gasteiger partial charge in [0.25, 0.3) is 0 Å². The highest BCUT2D eigenvalue weighted by Gasteiger charge is 2.11. The molecule has 0 amide bonds. The Kier molecular flexibility index (Phi) is 4.37. The third kappa shape index (κ3) is 3.69. The van der Waals surface area contributed by atoms with E-state index in [0.29, 0.717) is 11.4 Å². The van der Waals surface area contributed by atoms with Crippen molar-refractivity contribution in [2.24, 2.45) is 0 Å². The van der Waals surface area contributed by atoms with Crippen LogP contribution in [-0.2, 0) is 0 Å². The molecule has 1 unspecified atom stereocenters. The summed E-state index contributed by atoms with van der Waals surface area (Å²) in [4.78, 5) is 0. The van der Waals surface area contributed by atoms with Gasteiger partial charge in [-0.15, -0.1) is 6.58 Å². The summed E-state index contributed by atoms with van der Waals surface area (Å²) in [5.74, 6) is 0. The van der Waals surface area contributed by atoms with Crippen molar-refractivity contribution in [1.82, 2.24) is 0 Å². The minimum absolute atomic E-state index is 0.491. The van der Waals surface area contributed by atoms with Gasteiger partial charge in [0, 0.05) is 5.02 Å². The molecule has 0 saturated heterocycles. The molecule has 1 atom stereocenters. The van der Waals surface area contributed by atoms with Crippen molar-refractivity contribution in [2.45, 2.75) is 32.8 Å². The molecule has 1 aromatic carbocycles. The van der Waals surface area contributed by atoms with E-state index < -0.39 is 6.10 Å². The smallest absolute Gasteiger partial charge is 0.0807 e. The second-order valence-corrected chi connectivity index (χ2v) is 4.44. The van der Waals surface area contributed by atoms with Crippen LogP contribution in [0.2, 0.25) is 5.02 Å².